The molecule has 0 aliphatic carbocycles. The molecule has 24 heavy (non-hydrogen) atoms. The standard InChI is InChI=1S/C19H21BN2O2/c1-5-15(13-18(6-2)20(23)24)16-10-9-11-17(12-16)19(22-8-4)14-21-7-3/h5-14,23-24H,2-4H2,1H3/b15-5+,18-13+,21-14-,22-19+. The first-order valence-electron chi connectivity index (χ1n) is 7.37. The first kappa shape index (κ1) is 19.3. The third-order valence-electron chi connectivity index (χ3n) is 3.19. The largest absolute Gasteiger partial charge is 0.488 e. The molecular formula is C19H21BN2O2. The highest BCUT2D eigenvalue weighted by Gasteiger charge is 2.12. The van der Waals surface area contributed by atoms with Gasteiger partial charge in [0.05, 0.1) is 11.9 Å². The Balaban J connectivity index is 3.34. The molecule has 1 rings (SSSR count). The molecule has 0 amide bonds. The third kappa shape index (κ3) is 5.46. The first-order valence-corrected chi connectivity index (χ1v) is 7.37. The minimum absolute atomic E-state index is 0.321. The van der Waals surface area contributed by atoms with Crippen LogP contribution in [0.15, 0.2) is 90.1 Å². The van der Waals surface area contributed by atoms with Gasteiger partial charge in [0.2, 0.25) is 0 Å². The normalized spacial score (nSPS) is 13.0. The molecule has 0 radical (unpaired) electrons. The van der Waals surface area contributed by atoms with E-state index >= 15 is 0 Å². The van der Waals surface area contributed by atoms with Crippen molar-refractivity contribution in [3.05, 3.63) is 91.2 Å². The van der Waals surface area contributed by atoms with Crippen LogP contribution in [0.1, 0.15) is 18.1 Å². The van der Waals surface area contributed by atoms with Gasteiger partial charge in [-0.3, -0.25) is 9.98 Å². The fraction of sp³-hybridized carbons (Fsp3) is 0.0526. The Morgan fingerprint density at radius 2 is 1.83 bits per heavy atom. The van der Waals surface area contributed by atoms with Crippen molar-refractivity contribution in [2.75, 3.05) is 0 Å². The summed E-state index contributed by atoms with van der Waals surface area (Å²) in [4.78, 5) is 8.22. The number of benzene rings is 1. The van der Waals surface area contributed by atoms with Gasteiger partial charge >= 0.3 is 7.12 Å². The van der Waals surface area contributed by atoms with Crippen molar-refractivity contribution < 1.29 is 10.0 Å². The average Bonchev–Trinajstić information content (AvgIpc) is 2.59. The lowest BCUT2D eigenvalue weighted by molar-refractivity contribution is 0.421. The Hall–Kier alpha value is -2.76. The minimum Gasteiger partial charge on any atom is -0.423 e. The molecule has 0 saturated heterocycles. The van der Waals surface area contributed by atoms with Gasteiger partial charge in [-0.2, -0.15) is 0 Å². The SMILES string of the molecule is C=C/N=C\C(=N/C=C)c1cccc(C(/C=C(\C=C)B(O)O)=C/C)c1. The average molecular weight is 320 g/mol. The first-order chi connectivity index (χ1) is 11.6. The summed E-state index contributed by atoms with van der Waals surface area (Å²) in [5.74, 6) is 0. The maximum Gasteiger partial charge on any atom is 0.488 e. The Bertz CT molecular complexity index is 729. The number of nitrogens with zero attached hydrogens (tertiary/aromatic N) is 2. The van der Waals surface area contributed by atoms with Crippen LogP contribution in [0.2, 0.25) is 0 Å². The molecule has 0 aromatic heterocycles. The van der Waals surface area contributed by atoms with Crippen molar-refractivity contribution in [2.24, 2.45) is 9.98 Å². The lowest BCUT2D eigenvalue weighted by Crippen LogP contribution is -2.13. The maximum absolute atomic E-state index is 9.35. The fourth-order valence-electron chi connectivity index (χ4n) is 2.01. The van der Waals surface area contributed by atoms with Crippen LogP contribution in [-0.4, -0.2) is 29.1 Å². The van der Waals surface area contributed by atoms with E-state index in [4.69, 9.17) is 0 Å². The van der Waals surface area contributed by atoms with E-state index in [9.17, 15) is 10.0 Å². The van der Waals surface area contributed by atoms with Crippen LogP contribution >= 0.6 is 0 Å². The van der Waals surface area contributed by atoms with Crippen molar-refractivity contribution in [3.63, 3.8) is 0 Å². The summed E-state index contributed by atoms with van der Waals surface area (Å²) in [6.45, 7) is 12.6. The van der Waals surface area contributed by atoms with Crippen molar-refractivity contribution in [1.82, 2.24) is 0 Å². The van der Waals surface area contributed by atoms with Crippen LogP contribution in [0.5, 0.6) is 0 Å². The van der Waals surface area contributed by atoms with E-state index in [-0.39, 0.29) is 0 Å². The Kier molecular flexibility index (Phi) is 8.12. The van der Waals surface area contributed by atoms with Gasteiger partial charge in [0.1, 0.15) is 0 Å². The molecule has 0 unspecified atom stereocenters. The lowest BCUT2D eigenvalue weighted by Gasteiger charge is -2.08. The van der Waals surface area contributed by atoms with E-state index < -0.39 is 7.12 Å². The number of aliphatic imine (C=N–C) groups is 2. The molecule has 0 saturated carbocycles. The molecule has 2 N–H and O–H groups in total. The van der Waals surface area contributed by atoms with Crippen LogP contribution in [-0.2, 0) is 0 Å². The van der Waals surface area contributed by atoms with E-state index in [2.05, 4.69) is 29.7 Å². The molecule has 122 valence electrons. The maximum atomic E-state index is 9.35. The molecule has 1 aromatic carbocycles. The van der Waals surface area contributed by atoms with Gasteiger partial charge in [0.25, 0.3) is 0 Å². The minimum atomic E-state index is -1.57. The zero-order valence-electron chi connectivity index (χ0n) is 13.8. The van der Waals surface area contributed by atoms with E-state index in [1.165, 1.54) is 18.5 Å². The molecular weight excluding hydrogens is 299 g/mol. The molecule has 1 aromatic rings. The summed E-state index contributed by atoms with van der Waals surface area (Å²) in [7, 11) is -1.57. The Labute approximate surface area is 143 Å². The summed E-state index contributed by atoms with van der Waals surface area (Å²) in [5.41, 5.74) is 3.56. The second-order valence-electron chi connectivity index (χ2n) is 4.70. The molecule has 4 nitrogen and oxygen atoms in total. The number of hydrogen-bond acceptors (Lipinski definition) is 4. The van der Waals surface area contributed by atoms with Gasteiger partial charge in [0.15, 0.2) is 0 Å². The summed E-state index contributed by atoms with van der Waals surface area (Å²) in [5, 5.41) is 18.7. The number of hydrogen-bond donors (Lipinski definition) is 2. The quantitative estimate of drug-likeness (QED) is 0.438. The van der Waals surface area contributed by atoms with Gasteiger partial charge in [-0.15, -0.1) is 0 Å². The highest BCUT2D eigenvalue weighted by Crippen LogP contribution is 2.20. The fourth-order valence-corrected chi connectivity index (χ4v) is 2.01. The van der Waals surface area contributed by atoms with Crippen LogP contribution in [0.3, 0.4) is 0 Å². The summed E-state index contributed by atoms with van der Waals surface area (Å²) in [6.07, 6.45) is 9.46. The molecule has 0 atom stereocenters. The Morgan fingerprint density at radius 3 is 2.38 bits per heavy atom. The molecule has 0 fully saturated rings. The highest BCUT2D eigenvalue weighted by molar-refractivity contribution is 6.52. The van der Waals surface area contributed by atoms with Crippen LogP contribution in [0.25, 0.3) is 5.57 Å². The predicted molar refractivity (Wildman–Crippen MR) is 104 cm³/mol. The zero-order valence-corrected chi connectivity index (χ0v) is 13.8. The van der Waals surface area contributed by atoms with Crippen molar-refractivity contribution >= 4 is 24.6 Å². The number of allylic oxidation sites excluding steroid dienone is 5. The molecule has 0 bridgehead atoms. The number of rotatable bonds is 8. The van der Waals surface area contributed by atoms with Gasteiger partial charge < -0.3 is 10.0 Å². The lowest BCUT2D eigenvalue weighted by atomic mass is 9.78. The monoisotopic (exact) mass is 320 g/mol. The van der Waals surface area contributed by atoms with E-state index in [0.717, 1.165) is 16.7 Å². The predicted octanol–water partition coefficient (Wildman–Crippen LogP) is 3.36. The summed E-state index contributed by atoms with van der Waals surface area (Å²) < 4.78 is 0. The van der Waals surface area contributed by atoms with E-state index in [1.807, 2.05) is 37.3 Å². The molecule has 0 spiro atoms. The Morgan fingerprint density at radius 1 is 1.12 bits per heavy atom. The van der Waals surface area contributed by atoms with Gasteiger partial charge in [-0.25, -0.2) is 0 Å². The van der Waals surface area contributed by atoms with Crippen molar-refractivity contribution in [1.29, 1.82) is 0 Å². The summed E-state index contributed by atoms with van der Waals surface area (Å²) >= 11 is 0. The molecule has 0 aliphatic rings. The smallest absolute Gasteiger partial charge is 0.423 e. The topological polar surface area (TPSA) is 65.2 Å². The zero-order chi connectivity index (χ0) is 17.9. The van der Waals surface area contributed by atoms with Gasteiger partial charge in [-0.1, -0.05) is 56.2 Å². The third-order valence-corrected chi connectivity index (χ3v) is 3.19. The second kappa shape index (κ2) is 10.1. The molecule has 0 heterocycles. The summed E-state index contributed by atoms with van der Waals surface area (Å²) in [6, 6.07) is 7.67. The molecule has 0 aliphatic heterocycles. The van der Waals surface area contributed by atoms with Crippen LogP contribution < -0.4 is 0 Å². The van der Waals surface area contributed by atoms with Gasteiger partial charge in [0, 0.05) is 18.0 Å². The van der Waals surface area contributed by atoms with E-state index in [1.54, 1.807) is 12.3 Å². The van der Waals surface area contributed by atoms with Crippen LogP contribution in [0.4, 0.5) is 0 Å². The highest BCUT2D eigenvalue weighted by atomic mass is 16.4. The van der Waals surface area contributed by atoms with Gasteiger partial charge in [-0.05, 0) is 29.6 Å². The van der Waals surface area contributed by atoms with Crippen molar-refractivity contribution in [3.8, 4) is 0 Å². The second-order valence-corrected chi connectivity index (χ2v) is 4.70. The van der Waals surface area contributed by atoms with E-state index in [0.29, 0.717) is 11.2 Å². The van der Waals surface area contributed by atoms with Crippen molar-refractivity contribution in [2.45, 2.75) is 6.92 Å². The van der Waals surface area contributed by atoms with Crippen LogP contribution in [0, 0.1) is 0 Å². The molecule has 5 heteroatoms.